The zero-order valence-corrected chi connectivity index (χ0v) is 9.88. The van der Waals surface area contributed by atoms with Gasteiger partial charge in [0, 0.05) is 12.6 Å². The quantitative estimate of drug-likeness (QED) is 0.687. The summed E-state index contributed by atoms with van der Waals surface area (Å²) in [7, 11) is 2.20. The van der Waals surface area contributed by atoms with E-state index in [1.165, 1.54) is 6.42 Å². The Labute approximate surface area is 83.5 Å². The summed E-state index contributed by atoms with van der Waals surface area (Å²) in [5.41, 5.74) is 5.68. The molecule has 13 heavy (non-hydrogen) atoms. The van der Waals surface area contributed by atoms with E-state index in [4.69, 9.17) is 5.73 Å². The van der Waals surface area contributed by atoms with Crippen LogP contribution in [0.1, 0.15) is 34.1 Å². The van der Waals surface area contributed by atoms with Crippen molar-refractivity contribution in [3.05, 3.63) is 0 Å². The van der Waals surface area contributed by atoms with E-state index >= 15 is 0 Å². The fraction of sp³-hybridized carbons (Fsp3) is 1.00. The van der Waals surface area contributed by atoms with E-state index in [1.54, 1.807) is 0 Å². The summed E-state index contributed by atoms with van der Waals surface area (Å²) in [6.07, 6.45) is 1.19. The van der Waals surface area contributed by atoms with Gasteiger partial charge in [-0.15, -0.1) is 0 Å². The Hall–Kier alpha value is -0.0800. The van der Waals surface area contributed by atoms with Crippen LogP contribution in [0, 0.1) is 11.8 Å². The second-order valence-electron chi connectivity index (χ2n) is 4.43. The molecule has 0 aliphatic rings. The van der Waals surface area contributed by atoms with E-state index in [0.717, 1.165) is 19.0 Å². The molecule has 0 rings (SSSR count). The van der Waals surface area contributed by atoms with Crippen molar-refractivity contribution in [1.29, 1.82) is 0 Å². The van der Waals surface area contributed by atoms with Gasteiger partial charge in [-0.25, -0.2) is 0 Å². The van der Waals surface area contributed by atoms with E-state index in [9.17, 15) is 0 Å². The van der Waals surface area contributed by atoms with Crippen LogP contribution >= 0.6 is 0 Å². The first-order chi connectivity index (χ1) is 6.02. The van der Waals surface area contributed by atoms with Gasteiger partial charge < -0.3 is 10.6 Å². The molecule has 0 radical (unpaired) electrons. The molecule has 2 N–H and O–H groups in total. The van der Waals surface area contributed by atoms with E-state index < -0.39 is 0 Å². The van der Waals surface area contributed by atoms with Crippen molar-refractivity contribution < 1.29 is 0 Å². The molecular formula is C11H26N2. The minimum Gasteiger partial charge on any atom is -0.330 e. The molecule has 0 spiro atoms. The van der Waals surface area contributed by atoms with E-state index in [2.05, 4.69) is 39.6 Å². The molecule has 0 saturated heterocycles. The van der Waals surface area contributed by atoms with Crippen LogP contribution in [-0.4, -0.2) is 31.1 Å². The zero-order valence-electron chi connectivity index (χ0n) is 9.88. The van der Waals surface area contributed by atoms with Crippen molar-refractivity contribution in [2.75, 3.05) is 20.1 Å². The third-order valence-corrected chi connectivity index (χ3v) is 3.12. The molecule has 0 heterocycles. The molecule has 0 bridgehead atoms. The monoisotopic (exact) mass is 186 g/mol. The number of nitrogens with two attached hydrogens (primary N) is 1. The summed E-state index contributed by atoms with van der Waals surface area (Å²) in [5.74, 6) is 1.38. The predicted octanol–water partition coefficient (Wildman–Crippen LogP) is 1.95. The van der Waals surface area contributed by atoms with Gasteiger partial charge in [-0.3, -0.25) is 0 Å². The van der Waals surface area contributed by atoms with Crippen LogP contribution in [0.25, 0.3) is 0 Å². The fourth-order valence-corrected chi connectivity index (χ4v) is 1.45. The fourth-order valence-electron chi connectivity index (χ4n) is 1.45. The highest BCUT2D eigenvalue weighted by atomic mass is 15.1. The molecule has 0 amide bonds. The van der Waals surface area contributed by atoms with Crippen LogP contribution in [0.4, 0.5) is 0 Å². The highest BCUT2D eigenvalue weighted by Gasteiger charge is 2.15. The predicted molar refractivity (Wildman–Crippen MR) is 59.8 cm³/mol. The van der Waals surface area contributed by atoms with Crippen molar-refractivity contribution in [2.24, 2.45) is 17.6 Å². The maximum Gasteiger partial charge on any atom is 0.00870 e. The second-order valence-corrected chi connectivity index (χ2v) is 4.43. The van der Waals surface area contributed by atoms with Gasteiger partial charge in [0.15, 0.2) is 0 Å². The Kier molecular flexibility index (Phi) is 6.35. The molecule has 2 atom stereocenters. The first-order valence-corrected chi connectivity index (χ1v) is 5.43. The molecule has 0 saturated carbocycles. The minimum atomic E-state index is 0.653. The molecule has 2 unspecified atom stereocenters. The Bertz CT molecular complexity index is 119. The van der Waals surface area contributed by atoms with Gasteiger partial charge in [-0.2, -0.15) is 0 Å². The Morgan fingerprint density at radius 2 is 1.77 bits per heavy atom. The SMILES string of the molecule is CCC(CN)CN(C)C(C)C(C)C. The van der Waals surface area contributed by atoms with Crippen molar-refractivity contribution in [1.82, 2.24) is 4.90 Å². The van der Waals surface area contributed by atoms with Crippen molar-refractivity contribution in [3.63, 3.8) is 0 Å². The largest absolute Gasteiger partial charge is 0.330 e. The highest BCUT2D eigenvalue weighted by molar-refractivity contribution is 4.70. The molecular weight excluding hydrogens is 160 g/mol. The van der Waals surface area contributed by atoms with Gasteiger partial charge in [0.1, 0.15) is 0 Å². The third-order valence-electron chi connectivity index (χ3n) is 3.12. The van der Waals surface area contributed by atoms with Crippen molar-refractivity contribution in [2.45, 2.75) is 40.2 Å². The van der Waals surface area contributed by atoms with E-state index in [0.29, 0.717) is 12.0 Å². The summed E-state index contributed by atoms with van der Waals surface area (Å²) in [6.45, 7) is 11.0. The van der Waals surface area contributed by atoms with Gasteiger partial charge in [0.2, 0.25) is 0 Å². The lowest BCUT2D eigenvalue weighted by molar-refractivity contribution is 0.178. The van der Waals surface area contributed by atoms with Gasteiger partial charge in [-0.05, 0) is 32.4 Å². The number of hydrogen-bond donors (Lipinski definition) is 1. The smallest absolute Gasteiger partial charge is 0.00870 e. The number of rotatable bonds is 6. The number of hydrogen-bond acceptors (Lipinski definition) is 2. The standard InChI is InChI=1S/C11H26N2/c1-6-11(7-12)8-13(5)10(4)9(2)3/h9-11H,6-8,12H2,1-5H3. The normalized spacial score (nSPS) is 16.6. The molecule has 0 aromatic heterocycles. The summed E-state index contributed by atoms with van der Waals surface area (Å²) in [5, 5.41) is 0. The molecule has 80 valence electrons. The topological polar surface area (TPSA) is 29.3 Å². The molecule has 2 heteroatoms. The first-order valence-electron chi connectivity index (χ1n) is 5.43. The van der Waals surface area contributed by atoms with Gasteiger partial charge in [-0.1, -0.05) is 27.2 Å². The lowest BCUT2D eigenvalue weighted by Gasteiger charge is -2.30. The molecule has 0 aliphatic heterocycles. The summed E-state index contributed by atoms with van der Waals surface area (Å²) >= 11 is 0. The average Bonchev–Trinajstić information content (AvgIpc) is 2.12. The molecule has 0 fully saturated rings. The Balaban J connectivity index is 3.89. The Morgan fingerprint density at radius 1 is 1.23 bits per heavy atom. The van der Waals surface area contributed by atoms with Crippen molar-refractivity contribution in [3.8, 4) is 0 Å². The summed E-state index contributed by atoms with van der Waals surface area (Å²) in [4.78, 5) is 2.42. The van der Waals surface area contributed by atoms with Crippen LogP contribution in [0.3, 0.4) is 0 Å². The van der Waals surface area contributed by atoms with Crippen LogP contribution in [0.2, 0.25) is 0 Å². The third kappa shape index (κ3) is 4.63. The van der Waals surface area contributed by atoms with E-state index in [1.807, 2.05) is 0 Å². The van der Waals surface area contributed by atoms with Gasteiger partial charge >= 0.3 is 0 Å². The van der Waals surface area contributed by atoms with Crippen LogP contribution in [0.15, 0.2) is 0 Å². The summed E-state index contributed by atoms with van der Waals surface area (Å²) < 4.78 is 0. The van der Waals surface area contributed by atoms with Crippen LogP contribution < -0.4 is 5.73 Å². The lowest BCUT2D eigenvalue weighted by Crippen LogP contribution is -2.38. The molecule has 2 nitrogen and oxygen atoms in total. The lowest BCUT2D eigenvalue weighted by atomic mass is 10.0. The maximum absolute atomic E-state index is 5.68. The molecule has 0 aliphatic carbocycles. The first kappa shape index (κ1) is 12.9. The molecule has 0 aromatic carbocycles. The van der Waals surface area contributed by atoms with Crippen molar-refractivity contribution >= 4 is 0 Å². The number of nitrogens with zero attached hydrogens (tertiary/aromatic N) is 1. The minimum absolute atomic E-state index is 0.653. The van der Waals surface area contributed by atoms with Crippen LogP contribution in [-0.2, 0) is 0 Å². The zero-order chi connectivity index (χ0) is 10.4. The van der Waals surface area contributed by atoms with Gasteiger partial charge in [0.25, 0.3) is 0 Å². The molecule has 0 aromatic rings. The summed E-state index contributed by atoms with van der Waals surface area (Å²) in [6, 6.07) is 0.653. The second kappa shape index (κ2) is 6.39. The average molecular weight is 186 g/mol. The highest BCUT2D eigenvalue weighted by Crippen LogP contribution is 2.11. The Morgan fingerprint density at radius 3 is 2.08 bits per heavy atom. The van der Waals surface area contributed by atoms with Crippen LogP contribution in [0.5, 0.6) is 0 Å². The maximum atomic E-state index is 5.68. The van der Waals surface area contributed by atoms with Gasteiger partial charge in [0.05, 0.1) is 0 Å². The van der Waals surface area contributed by atoms with E-state index in [-0.39, 0.29) is 0 Å².